The van der Waals surface area contributed by atoms with Crippen LogP contribution in [-0.2, 0) is 9.09 Å². The van der Waals surface area contributed by atoms with E-state index in [-0.39, 0.29) is 0 Å². The van der Waals surface area contributed by atoms with Crippen LogP contribution in [0, 0.1) is 0 Å². The van der Waals surface area contributed by atoms with Crippen LogP contribution in [0.3, 0.4) is 0 Å². The molecule has 1 unspecified atom stereocenters. The molecule has 72 valence electrons. The summed E-state index contributed by atoms with van der Waals surface area (Å²) >= 11 is 6.57. The van der Waals surface area contributed by atoms with Crippen LogP contribution in [0.15, 0.2) is 11.8 Å². The Morgan fingerprint density at radius 2 is 1.92 bits per heavy atom. The third-order valence-corrected chi connectivity index (χ3v) is 2.27. The highest BCUT2D eigenvalue weighted by Gasteiger charge is 1.97. The van der Waals surface area contributed by atoms with E-state index in [0.717, 1.165) is 29.1 Å². The van der Waals surface area contributed by atoms with Gasteiger partial charge in [0.15, 0.2) is 0 Å². The van der Waals surface area contributed by atoms with Crippen LogP contribution in [0.5, 0.6) is 0 Å². The van der Waals surface area contributed by atoms with Crippen molar-refractivity contribution >= 4 is 40.1 Å². The number of halogens is 2. The molecular formula is C6H11Br2O3P. The molecule has 0 aliphatic rings. The number of allylic oxidation sites excluding steroid dienone is 1. The Morgan fingerprint density at radius 3 is 2.25 bits per heavy atom. The van der Waals surface area contributed by atoms with E-state index in [1.54, 1.807) is 0 Å². The van der Waals surface area contributed by atoms with E-state index in [1.165, 1.54) is 6.26 Å². The van der Waals surface area contributed by atoms with Crippen molar-refractivity contribution in [2.75, 3.05) is 10.7 Å². The molecule has 0 aromatic heterocycles. The number of hydrogen-bond donors (Lipinski definition) is 1. The summed E-state index contributed by atoms with van der Waals surface area (Å²) in [7, 11) is -2.82. The van der Waals surface area contributed by atoms with Crippen LogP contribution in [-0.4, -0.2) is 15.6 Å². The number of hydrogen-bond acceptors (Lipinski definition) is 2. The topological polar surface area (TPSA) is 46.5 Å². The van der Waals surface area contributed by atoms with E-state index < -0.39 is 8.25 Å². The summed E-state index contributed by atoms with van der Waals surface area (Å²) in [6.07, 6.45) is 3.05. The van der Waals surface area contributed by atoms with E-state index in [1.807, 2.05) is 0 Å². The smallest absolute Gasteiger partial charge is 0.364 e. The molecule has 0 saturated carbocycles. The summed E-state index contributed by atoms with van der Waals surface area (Å²) in [5.74, 6) is 0. The van der Waals surface area contributed by atoms with E-state index in [2.05, 4.69) is 36.4 Å². The Labute approximate surface area is 89.4 Å². The molecule has 0 bridgehead atoms. The molecule has 0 amide bonds. The first-order valence-corrected chi connectivity index (χ1v) is 6.90. The second kappa shape index (κ2) is 8.30. The van der Waals surface area contributed by atoms with Crippen LogP contribution >= 0.6 is 40.1 Å². The van der Waals surface area contributed by atoms with Crippen molar-refractivity contribution in [3.63, 3.8) is 0 Å². The molecule has 0 heterocycles. The van der Waals surface area contributed by atoms with Crippen molar-refractivity contribution in [1.29, 1.82) is 0 Å². The minimum atomic E-state index is -2.82. The molecule has 0 fully saturated rings. The lowest BCUT2D eigenvalue weighted by atomic mass is 10.2. The molecule has 0 aromatic rings. The molecule has 0 saturated heterocycles. The average molecular weight is 322 g/mol. The van der Waals surface area contributed by atoms with Gasteiger partial charge in [-0.15, -0.1) is 0 Å². The van der Waals surface area contributed by atoms with Gasteiger partial charge < -0.3 is 9.42 Å². The average Bonchev–Trinajstić information content (AvgIpc) is 2.01. The molecule has 0 radical (unpaired) electrons. The van der Waals surface area contributed by atoms with E-state index in [0.29, 0.717) is 0 Å². The second-order valence-electron chi connectivity index (χ2n) is 2.04. The van der Waals surface area contributed by atoms with Gasteiger partial charge in [0.2, 0.25) is 0 Å². The van der Waals surface area contributed by atoms with Gasteiger partial charge in [-0.1, -0.05) is 31.9 Å². The molecule has 1 atom stereocenters. The van der Waals surface area contributed by atoms with Gasteiger partial charge in [-0.2, -0.15) is 0 Å². The summed E-state index contributed by atoms with van der Waals surface area (Å²) in [6, 6.07) is 0. The predicted octanol–water partition coefficient (Wildman–Crippen LogP) is 2.84. The fourth-order valence-electron chi connectivity index (χ4n) is 0.619. The van der Waals surface area contributed by atoms with Crippen molar-refractivity contribution in [2.24, 2.45) is 0 Å². The fraction of sp³-hybridized carbons (Fsp3) is 0.667. The van der Waals surface area contributed by atoms with Crippen molar-refractivity contribution in [2.45, 2.75) is 12.8 Å². The molecular weight excluding hydrogens is 311 g/mol. The van der Waals surface area contributed by atoms with Crippen molar-refractivity contribution in [3.8, 4) is 0 Å². The van der Waals surface area contributed by atoms with Gasteiger partial charge in [0.1, 0.15) is 0 Å². The Balaban J connectivity index is 3.89. The van der Waals surface area contributed by atoms with Crippen LogP contribution in [0.2, 0.25) is 0 Å². The summed E-state index contributed by atoms with van der Waals surface area (Å²) in [4.78, 5) is 8.39. The standard InChI is InChI=1S/C6H11Br2O3P/c7-3-1-6(2-4-8)5-11-12(9)10/h5,12H,1-4H2,(H,9,10). The first kappa shape index (κ1) is 12.7. The Hall–Kier alpha value is 0.690. The molecule has 3 nitrogen and oxygen atoms in total. The lowest BCUT2D eigenvalue weighted by molar-refractivity contribution is 0.374. The highest BCUT2D eigenvalue weighted by molar-refractivity contribution is 9.09. The minimum Gasteiger partial charge on any atom is -0.434 e. The Bertz CT molecular complexity index is 164. The van der Waals surface area contributed by atoms with Gasteiger partial charge in [0, 0.05) is 10.7 Å². The first-order chi connectivity index (χ1) is 5.70. The summed E-state index contributed by atoms with van der Waals surface area (Å²) in [5, 5.41) is 1.67. The predicted molar refractivity (Wildman–Crippen MR) is 57.2 cm³/mol. The lowest BCUT2D eigenvalue weighted by Gasteiger charge is -2.02. The third-order valence-electron chi connectivity index (χ3n) is 1.16. The quantitative estimate of drug-likeness (QED) is 0.465. The zero-order valence-corrected chi connectivity index (χ0v) is 10.6. The maximum Gasteiger partial charge on any atom is 0.364 e. The Morgan fingerprint density at radius 1 is 1.42 bits per heavy atom. The van der Waals surface area contributed by atoms with Crippen molar-refractivity contribution < 1.29 is 14.0 Å². The van der Waals surface area contributed by atoms with Gasteiger partial charge in [-0.05, 0) is 18.4 Å². The summed E-state index contributed by atoms with van der Waals surface area (Å²) < 4.78 is 14.7. The highest BCUT2D eigenvalue weighted by atomic mass is 79.9. The third kappa shape index (κ3) is 7.35. The maximum atomic E-state index is 10.2. The first-order valence-electron chi connectivity index (χ1n) is 3.40. The van der Waals surface area contributed by atoms with Crippen molar-refractivity contribution in [3.05, 3.63) is 11.8 Å². The molecule has 6 heteroatoms. The van der Waals surface area contributed by atoms with Gasteiger partial charge in [0.05, 0.1) is 6.26 Å². The molecule has 1 N–H and O–H groups in total. The molecule has 0 aromatic carbocycles. The molecule has 12 heavy (non-hydrogen) atoms. The van der Waals surface area contributed by atoms with E-state index in [4.69, 9.17) is 4.89 Å². The largest absolute Gasteiger partial charge is 0.434 e. The normalized spacial score (nSPS) is 12.2. The molecule has 0 rings (SSSR count). The highest BCUT2D eigenvalue weighted by Crippen LogP contribution is 2.19. The maximum absolute atomic E-state index is 10.2. The molecule has 0 spiro atoms. The number of alkyl halides is 2. The van der Waals surface area contributed by atoms with Gasteiger partial charge in [0.25, 0.3) is 0 Å². The van der Waals surface area contributed by atoms with Crippen LogP contribution in [0.4, 0.5) is 0 Å². The van der Waals surface area contributed by atoms with Gasteiger partial charge in [-0.3, -0.25) is 0 Å². The van der Waals surface area contributed by atoms with Gasteiger partial charge in [-0.25, -0.2) is 4.57 Å². The monoisotopic (exact) mass is 320 g/mol. The summed E-state index contributed by atoms with van der Waals surface area (Å²) in [5.41, 5.74) is 1.02. The zero-order valence-electron chi connectivity index (χ0n) is 6.43. The molecule has 0 aliphatic heterocycles. The lowest BCUT2D eigenvalue weighted by Crippen LogP contribution is -1.87. The van der Waals surface area contributed by atoms with Crippen molar-refractivity contribution in [1.82, 2.24) is 0 Å². The van der Waals surface area contributed by atoms with Gasteiger partial charge >= 0.3 is 8.25 Å². The second-order valence-corrected chi connectivity index (χ2v) is 4.39. The number of rotatable bonds is 6. The zero-order chi connectivity index (χ0) is 9.40. The van der Waals surface area contributed by atoms with Crippen LogP contribution < -0.4 is 0 Å². The van der Waals surface area contributed by atoms with Crippen LogP contribution in [0.1, 0.15) is 12.8 Å². The molecule has 0 aliphatic carbocycles. The van der Waals surface area contributed by atoms with Crippen LogP contribution in [0.25, 0.3) is 0 Å². The Kier molecular flexibility index (Phi) is 8.77. The fourth-order valence-corrected chi connectivity index (χ4v) is 1.91. The van der Waals surface area contributed by atoms with E-state index >= 15 is 0 Å². The minimum absolute atomic E-state index is 0.834. The SMILES string of the molecule is O=[PH](O)OC=C(CCBr)CCBr. The van der Waals surface area contributed by atoms with E-state index in [9.17, 15) is 4.57 Å². The summed E-state index contributed by atoms with van der Waals surface area (Å²) in [6.45, 7) is 0.